The Morgan fingerprint density at radius 3 is 0.625 bits per heavy atom. The van der Waals surface area contributed by atoms with Crippen molar-refractivity contribution >= 4 is 37.7 Å². The zero-order valence-corrected chi connectivity index (χ0v) is 8.76. The minimum atomic E-state index is 0. The fraction of sp³-hybridized carbons (Fsp3) is 0. The molecule has 0 aliphatic rings. The van der Waals surface area contributed by atoms with E-state index in [1.54, 1.807) is 0 Å². The largest absolute Gasteiger partial charge is 2.00 e. The van der Waals surface area contributed by atoms with Crippen LogP contribution in [-0.2, 0) is 0 Å². The maximum absolute atomic E-state index is 6.25. The monoisotopic (exact) mass is 141 g/mol. The fourth-order valence-electron chi connectivity index (χ4n) is 0. The molecule has 8 heavy (non-hydrogen) atoms. The smallest absolute Gasteiger partial charge is 0.512 e. The Morgan fingerprint density at radius 2 is 0.625 bits per heavy atom. The first-order valence-electron chi connectivity index (χ1n) is 0.671. The van der Waals surface area contributed by atoms with Gasteiger partial charge in [0.25, 0.3) is 0 Å². The third kappa shape index (κ3) is 415. The minimum absolute atomic E-state index is 0. The van der Waals surface area contributed by atoms with Gasteiger partial charge in [-0.1, -0.05) is 0 Å². The van der Waals surface area contributed by atoms with E-state index < -0.39 is 0 Å². The van der Waals surface area contributed by atoms with Gasteiger partial charge >= 0.3 is 67.3 Å². The number of hydrogen-bond donors (Lipinski definition) is 0. The summed E-state index contributed by atoms with van der Waals surface area (Å²) in [6.45, 7) is 14.2. The van der Waals surface area contributed by atoms with Crippen molar-refractivity contribution in [1.82, 2.24) is 0 Å². The summed E-state index contributed by atoms with van der Waals surface area (Å²) >= 11 is 0. The molecule has 0 aliphatic carbocycles. The van der Waals surface area contributed by atoms with Crippen molar-refractivity contribution in [2.75, 3.05) is 0 Å². The van der Waals surface area contributed by atoms with E-state index in [2.05, 4.69) is 0 Å². The average molecular weight is 141 g/mol. The second kappa shape index (κ2) is 657. The molecule has 0 aromatic heterocycles. The van der Waals surface area contributed by atoms with E-state index in [4.69, 9.17) is 35.5 Å². The van der Waals surface area contributed by atoms with E-state index in [1.165, 1.54) is 0 Å². The van der Waals surface area contributed by atoms with Gasteiger partial charge in [-0.05, 0) is 0 Å². The predicted molar refractivity (Wildman–Crippen MR) is 20.7 cm³/mol. The Hall–Kier alpha value is 0.730. The van der Waals surface area contributed by atoms with Crippen molar-refractivity contribution < 1.29 is 29.6 Å². The first kappa shape index (κ1) is 37.5. The van der Waals surface area contributed by atoms with E-state index >= 15 is 0 Å². The molecule has 0 spiro atoms. The molecule has 30 valence electrons. The molecule has 0 bridgehead atoms. The first-order chi connectivity index (χ1) is 3.00. The van der Waals surface area contributed by atoms with Crippen molar-refractivity contribution in [3.63, 3.8) is 0 Å². The molecule has 0 aromatic carbocycles. The van der Waals surface area contributed by atoms with Crippen LogP contribution in [0.2, 0.25) is 0 Å². The van der Waals surface area contributed by atoms with Crippen LogP contribution in [0.3, 0.4) is 0 Å². The molecule has 0 saturated heterocycles. The van der Waals surface area contributed by atoms with E-state index in [0.717, 1.165) is 0 Å². The third-order valence-corrected chi connectivity index (χ3v) is 0. The number of hydrogen-bond acceptors (Lipinski definition) is 3. The average Bonchev–Trinajstić information content (AvgIpc) is 1.81. The Kier molecular flexibility index (Phi) is 3080. The molecule has 0 aromatic rings. The molecule has 0 radical (unpaired) electrons. The second-order valence-electron chi connectivity index (χ2n) is 0. The molecule has 3 nitrogen and oxygen atoms in total. The Bertz CT molecular complexity index is 43.0. The van der Waals surface area contributed by atoms with Gasteiger partial charge in [0, 0.05) is 0 Å². The molecule has 0 heterocycles. The van der Waals surface area contributed by atoms with Crippen molar-refractivity contribution in [3.8, 4) is 0 Å². The summed E-state index contributed by atoms with van der Waals surface area (Å²) in [7, 11) is 0. The molecule has 0 amide bonds. The van der Waals surface area contributed by atoms with Crippen molar-refractivity contribution in [3.05, 3.63) is 19.7 Å². The van der Waals surface area contributed by atoms with E-state index in [9.17, 15) is 0 Å². The van der Waals surface area contributed by atoms with Gasteiger partial charge in [-0.25, -0.2) is 0 Å². The molecule has 0 rings (SSSR count). The van der Waals surface area contributed by atoms with Gasteiger partial charge in [-0.15, -0.1) is 0 Å². The van der Waals surface area contributed by atoms with Gasteiger partial charge in [0.2, 0.25) is 0 Å². The van der Waals surface area contributed by atoms with E-state index in [0.29, 0.717) is 0 Å². The minimum Gasteiger partial charge on any atom is -0.512 e. The Morgan fingerprint density at radius 1 is 0.625 bits per heavy atom. The van der Waals surface area contributed by atoms with Crippen LogP contribution in [0.4, 0.5) is 0 Å². The standard InChI is InChI=1S/3CN.Ca.Na/c3*1-2;;/q3*-1;+2;+1. The van der Waals surface area contributed by atoms with Crippen molar-refractivity contribution in [2.45, 2.75) is 0 Å². The summed E-state index contributed by atoms with van der Waals surface area (Å²) in [5.41, 5.74) is 0. The molecule has 0 atom stereocenters. The molecule has 0 fully saturated rings. The summed E-state index contributed by atoms with van der Waals surface area (Å²) in [5, 5.41) is 18.8. The van der Waals surface area contributed by atoms with Gasteiger partial charge in [0.15, 0.2) is 0 Å². The number of rotatable bonds is 0. The van der Waals surface area contributed by atoms with Gasteiger partial charge in [-0.3, -0.25) is 0 Å². The molecule has 0 unspecified atom stereocenters. The van der Waals surface area contributed by atoms with Crippen LogP contribution in [0.15, 0.2) is 0 Å². The molecule has 0 N–H and O–H groups in total. The topological polar surface area (TPSA) is 71.4 Å². The molecule has 0 aliphatic heterocycles. The number of nitrogens with zero attached hydrogens (tertiary/aromatic N) is 3. The molecular formula is C3CaN3Na. The third-order valence-electron chi connectivity index (χ3n) is 0. The molecule has 5 heteroatoms. The first-order valence-corrected chi connectivity index (χ1v) is 0.671. The summed E-state index contributed by atoms with van der Waals surface area (Å²) in [5.74, 6) is 0. The molecular weight excluding hydrogens is 141 g/mol. The SMILES string of the molecule is [C-]#N.[C-]#N.[C-]#N.[Ca+2].[Na+]. The zero-order chi connectivity index (χ0) is 6.00. The van der Waals surface area contributed by atoms with Crippen molar-refractivity contribution in [2.24, 2.45) is 0 Å². The summed E-state index contributed by atoms with van der Waals surface area (Å²) < 4.78 is 0. The molecule has 0 saturated carbocycles. The fourth-order valence-corrected chi connectivity index (χ4v) is 0. The predicted octanol–water partition coefficient (Wildman–Crippen LogP) is -3.09. The second-order valence-corrected chi connectivity index (χ2v) is 0. The quantitative estimate of drug-likeness (QED) is 0.265. The summed E-state index contributed by atoms with van der Waals surface area (Å²) in [6.07, 6.45) is 0. The van der Waals surface area contributed by atoms with Gasteiger partial charge < -0.3 is 35.5 Å². The van der Waals surface area contributed by atoms with Crippen LogP contribution in [0.5, 0.6) is 0 Å². The van der Waals surface area contributed by atoms with Gasteiger partial charge in [-0.2, -0.15) is 0 Å². The maximum atomic E-state index is 6.25. The van der Waals surface area contributed by atoms with Gasteiger partial charge in [0.05, 0.1) is 0 Å². The van der Waals surface area contributed by atoms with E-state index in [-0.39, 0.29) is 67.3 Å². The Labute approximate surface area is 101 Å². The van der Waals surface area contributed by atoms with E-state index in [1.807, 2.05) is 0 Å². The Balaban J connectivity index is -0.00000000500. The zero-order valence-electron chi connectivity index (χ0n) is 4.55. The van der Waals surface area contributed by atoms with Crippen LogP contribution in [0.25, 0.3) is 0 Å². The van der Waals surface area contributed by atoms with Crippen LogP contribution in [0, 0.1) is 35.5 Å². The summed E-state index contributed by atoms with van der Waals surface area (Å²) in [6, 6.07) is 0. The summed E-state index contributed by atoms with van der Waals surface area (Å²) in [4.78, 5) is 0. The van der Waals surface area contributed by atoms with Crippen LogP contribution < -0.4 is 29.6 Å². The van der Waals surface area contributed by atoms with Crippen LogP contribution in [0.1, 0.15) is 0 Å². The van der Waals surface area contributed by atoms with Crippen LogP contribution >= 0.6 is 0 Å². The maximum Gasteiger partial charge on any atom is 2.00 e. The van der Waals surface area contributed by atoms with Gasteiger partial charge in [0.1, 0.15) is 0 Å². The normalized spacial score (nSPS) is 0.750. The van der Waals surface area contributed by atoms with Crippen LogP contribution in [-0.4, -0.2) is 37.7 Å². The van der Waals surface area contributed by atoms with Crippen molar-refractivity contribution in [1.29, 1.82) is 15.8 Å².